The Morgan fingerprint density at radius 1 is 0.710 bits per heavy atom. The lowest BCUT2D eigenvalue weighted by Crippen LogP contribution is -2.06. The van der Waals surface area contributed by atoms with Crippen LogP contribution in [0.5, 0.6) is 5.75 Å². The second-order valence-electron chi connectivity index (χ2n) is 7.28. The molecule has 0 amide bonds. The first kappa shape index (κ1) is 20.4. The molecule has 0 spiro atoms. The quantitative estimate of drug-likeness (QED) is 0.304. The van der Waals surface area contributed by atoms with Gasteiger partial charge in [0.2, 0.25) is 0 Å². The number of hydrogen-bond acceptors (Lipinski definition) is 4. The van der Waals surface area contributed by atoms with Crippen molar-refractivity contribution in [2.24, 2.45) is 0 Å². The number of carbonyl (C=O) groups is 2. The molecule has 0 bridgehead atoms. The highest BCUT2D eigenvalue weighted by molar-refractivity contribution is 6.09. The Morgan fingerprint density at radius 2 is 1.48 bits per heavy atom. The molecule has 0 atom stereocenters. The molecule has 0 aliphatic heterocycles. The first-order valence-corrected chi connectivity index (χ1v) is 10.0. The number of rotatable bonds is 7. The average molecular weight is 410 g/mol. The van der Waals surface area contributed by atoms with E-state index >= 15 is 0 Å². The molecule has 0 saturated carbocycles. The Morgan fingerprint density at radius 3 is 2.26 bits per heavy atom. The summed E-state index contributed by atoms with van der Waals surface area (Å²) in [7, 11) is 1.35. The van der Waals surface area contributed by atoms with Gasteiger partial charge in [-0.05, 0) is 58.3 Å². The predicted octanol–water partition coefficient (Wildman–Crippen LogP) is 5.37. The van der Waals surface area contributed by atoms with Gasteiger partial charge in [0, 0.05) is 11.1 Å². The van der Waals surface area contributed by atoms with Crippen LogP contribution in [0.3, 0.4) is 0 Å². The van der Waals surface area contributed by atoms with E-state index in [1.807, 2.05) is 12.1 Å². The Balaban J connectivity index is 1.42. The molecule has 0 aromatic heterocycles. The van der Waals surface area contributed by atoms with E-state index < -0.39 is 0 Å². The molecule has 4 nitrogen and oxygen atoms in total. The van der Waals surface area contributed by atoms with Crippen molar-refractivity contribution in [3.63, 3.8) is 0 Å². The van der Waals surface area contributed by atoms with E-state index in [1.54, 1.807) is 48.5 Å². The van der Waals surface area contributed by atoms with Gasteiger partial charge in [-0.3, -0.25) is 9.59 Å². The van der Waals surface area contributed by atoms with E-state index in [4.69, 9.17) is 9.47 Å². The Labute approximate surface area is 181 Å². The minimum absolute atomic E-state index is 0.104. The van der Waals surface area contributed by atoms with Gasteiger partial charge in [0.05, 0.1) is 13.5 Å². The fraction of sp³-hybridized carbons (Fsp3) is 0.111. The van der Waals surface area contributed by atoms with Crippen molar-refractivity contribution in [1.82, 2.24) is 0 Å². The van der Waals surface area contributed by atoms with Crippen molar-refractivity contribution >= 4 is 22.5 Å². The third kappa shape index (κ3) is 4.98. The van der Waals surface area contributed by atoms with Crippen molar-refractivity contribution in [3.8, 4) is 5.75 Å². The predicted molar refractivity (Wildman–Crippen MR) is 120 cm³/mol. The zero-order valence-electron chi connectivity index (χ0n) is 17.2. The topological polar surface area (TPSA) is 52.6 Å². The minimum Gasteiger partial charge on any atom is -0.489 e. The van der Waals surface area contributed by atoms with Crippen molar-refractivity contribution < 1.29 is 19.1 Å². The summed E-state index contributed by atoms with van der Waals surface area (Å²) in [6.07, 6.45) is 0.138. The lowest BCUT2D eigenvalue weighted by Gasteiger charge is -2.09. The van der Waals surface area contributed by atoms with Gasteiger partial charge in [-0.25, -0.2) is 0 Å². The Bertz CT molecular complexity index is 1230. The molecule has 0 aliphatic carbocycles. The molecule has 0 fully saturated rings. The zero-order valence-corrected chi connectivity index (χ0v) is 17.2. The number of carbonyl (C=O) groups excluding carboxylic acids is 2. The molecule has 0 N–H and O–H groups in total. The number of ether oxygens (including phenoxy) is 2. The maximum Gasteiger partial charge on any atom is 0.309 e. The smallest absolute Gasteiger partial charge is 0.309 e. The van der Waals surface area contributed by atoms with Crippen molar-refractivity contribution in [3.05, 3.63) is 113 Å². The van der Waals surface area contributed by atoms with Gasteiger partial charge in [-0.15, -0.1) is 0 Å². The summed E-state index contributed by atoms with van der Waals surface area (Å²) in [5, 5.41) is 2.38. The molecule has 0 saturated heterocycles. The summed E-state index contributed by atoms with van der Waals surface area (Å²) in [5.41, 5.74) is 2.92. The summed E-state index contributed by atoms with van der Waals surface area (Å²) in [5.74, 6) is 0.259. The SMILES string of the molecule is COC(=O)Cc1cccc(C(=O)c2ccc(OCc3ccc4ccccc4c3)cc2)c1. The van der Waals surface area contributed by atoms with Crippen LogP contribution in [0.4, 0.5) is 0 Å². The van der Waals surface area contributed by atoms with Gasteiger partial charge < -0.3 is 9.47 Å². The fourth-order valence-electron chi connectivity index (χ4n) is 3.43. The first-order chi connectivity index (χ1) is 15.1. The minimum atomic E-state index is -0.336. The first-order valence-electron chi connectivity index (χ1n) is 10.0. The van der Waals surface area contributed by atoms with E-state index in [2.05, 4.69) is 30.3 Å². The molecule has 0 heterocycles. The molecule has 4 heteroatoms. The molecule has 31 heavy (non-hydrogen) atoms. The zero-order chi connectivity index (χ0) is 21.6. The Hall–Kier alpha value is -3.92. The number of methoxy groups -OCH3 is 1. The lowest BCUT2D eigenvalue weighted by atomic mass is 10.0. The molecule has 0 radical (unpaired) electrons. The van der Waals surface area contributed by atoms with E-state index in [-0.39, 0.29) is 18.2 Å². The number of fused-ring (bicyclic) bond motifs is 1. The van der Waals surface area contributed by atoms with Gasteiger partial charge >= 0.3 is 5.97 Å². The summed E-state index contributed by atoms with van der Waals surface area (Å²) >= 11 is 0. The highest BCUT2D eigenvalue weighted by atomic mass is 16.5. The average Bonchev–Trinajstić information content (AvgIpc) is 2.82. The van der Waals surface area contributed by atoms with Crippen LogP contribution in [0.15, 0.2) is 91.0 Å². The van der Waals surface area contributed by atoms with Crippen LogP contribution < -0.4 is 4.74 Å². The van der Waals surface area contributed by atoms with Crippen LogP contribution in [0, 0.1) is 0 Å². The van der Waals surface area contributed by atoms with Crippen molar-refractivity contribution in [1.29, 1.82) is 0 Å². The third-order valence-electron chi connectivity index (χ3n) is 5.10. The second kappa shape index (κ2) is 9.26. The molecular weight excluding hydrogens is 388 g/mol. The van der Waals surface area contributed by atoms with Crippen LogP contribution in [0.1, 0.15) is 27.0 Å². The van der Waals surface area contributed by atoms with Crippen molar-refractivity contribution in [2.45, 2.75) is 13.0 Å². The molecule has 4 rings (SSSR count). The van der Waals surface area contributed by atoms with E-state index in [0.717, 1.165) is 11.1 Å². The summed E-state index contributed by atoms with van der Waals surface area (Å²) in [6, 6.07) is 28.6. The molecule has 154 valence electrons. The van der Waals surface area contributed by atoms with Crippen LogP contribution in [-0.2, 0) is 22.6 Å². The van der Waals surface area contributed by atoms with Crippen LogP contribution in [0.25, 0.3) is 10.8 Å². The number of ketones is 1. The Kier molecular flexibility index (Phi) is 6.08. The van der Waals surface area contributed by atoms with E-state index in [0.29, 0.717) is 23.5 Å². The largest absolute Gasteiger partial charge is 0.489 e. The highest BCUT2D eigenvalue weighted by Gasteiger charge is 2.11. The van der Waals surface area contributed by atoms with Crippen molar-refractivity contribution in [2.75, 3.05) is 7.11 Å². The normalized spacial score (nSPS) is 10.6. The summed E-state index contributed by atoms with van der Waals surface area (Å²) in [6.45, 7) is 0.452. The lowest BCUT2D eigenvalue weighted by molar-refractivity contribution is -0.139. The van der Waals surface area contributed by atoms with Crippen LogP contribution in [-0.4, -0.2) is 18.9 Å². The maximum atomic E-state index is 12.8. The summed E-state index contributed by atoms with van der Waals surface area (Å²) < 4.78 is 10.6. The number of benzene rings is 4. The number of esters is 1. The van der Waals surface area contributed by atoms with Gasteiger partial charge in [0.25, 0.3) is 0 Å². The third-order valence-corrected chi connectivity index (χ3v) is 5.10. The number of hydrogen-bond donors (Lipinski definition) is 0. The molecule has 0 unspecified atom stereocenters. The van der Waals surface area contributed by atoms with Gasteiger partial charge in [-0.1, -0.05) is 54.6 Å². The monoisotopic (exact) mass is 410 g/mol. The molecule has 0 aliphatic rings. The van der Waals surface area contributed by atoms with Gasteiger partial charge in [0.1, 0.15) is 12.4 Å². The molecule has 4 aromatic carbocycles. The van der Waals surface area contributed by atoms with Crippen LogP contribution in [0.2, 0.25) is 0 Å². The summed E-state index contributed by atoms with van der Waals surface area (Å²) in [4.78, 5) is 24.3. The van der Waals surface area contributed by atoms with Crippen LogP contribution >= 0.6 is 0 Å². The van der Waals surface area contributed by atoms with Gasteiger partial charge in [-0.2, -0.15) is 0 Å². The van der Waals surface area contributed by atoms with E-state index in [9.17, 15) is 9.59 Å². The second-order valence-corrected chi connectivity index (χ2v) is 7.28. The van der Waals surface area contributed by atoms with Gasteiger partial charge in [0.15, 0.2) is 5.78 Å². The standard InChI is InChI=1S/C27H22O4/c1-30-26(28)17-19-5-4-8-24(15-19)27(29)22-11-13-25(14-12-22)31-18-20-9-10-21-6-2-3-7-23(21)16-20/h2-16H,17-18H2,1H3. The molecule has 4 aromatic rings. The fourth-order valence-corrected chi connectivity index (χ4v) is 3.43. The maximum absolute atomic E-state index is 12.8. The van der Waals surface area contributed by atoms with E-state index in [1.165, 1.54) is 17.9 Å². The molecular formula is C27H22O4. The highest BCUT2D eigenvalue weighted by Crippen LogP contribution is 2.20.